The van der Waals surface area contributed by atoms with E-state index in [1.165, 1.54) is 48.2 Å². The van der Waals surface area contributed by atoms with Gasteiger partial charge in [0.1, 0.15) is 11.6 Å². The first-order valence-electron chi connectivity index (χ1n) is 10.3. The zero-order valence-electron chi connectivity index (χ0n) is 18.9. The number of anilines is 1. The van der Waals surface area contributed by atoms with Gasteiger partial charge in [0.25, 0.3) is 5.91 Å². The SMILES string of the molecule is COCCNS(=O)(=O)c1cccc(C(=O)Nc2cc(C(C)(C)C)nn2-c2ccc(F)cc2)c1. The Morgan fingerprint density at radius 3 is 2.45 bits per heavy atom. The van der Waals surface area contributed by atoms with Gasteiger partial charge in [0, 0.05) is 30.7 Å². The van der Waals surface area contributed by atoms with Gasteiger partial charge in [0.05, 0.1) is 22.9 Å². The first kappa shape index (κ1) is 24.6. The van der Waals surface area contributed by atoms with Gasteiger partial charge in [0.15, 0.2) is 0 Å². The van der Waals surface area contributed by atoms with Gasteiger partial charge in [-0.15, -0.1) is 0 Å². The van der Waals surface area contributed by atoms with Crippen LogP contribution in [-0.2, 0) is 20.2 Å². The molecule has 0 fully saturated rings. The third-order valence-corrected chi connectivity index (χ3v) is 6.25. The summed E-state index contributed by atoms with van der Waals surface area (Å²) in [6.45, 7) is 6.30. The molecule has 1 aromatic heterocycles. The molecule has 10 heteroatoms. The molecule has 0 spiro atoms. The van der Waals surface area contributed by atoms with Crippen LogP contribution in [0.2, 0.25) is 0 Å². The molecule has 0 saturated carbocycles. The number of sulfonamides is 1. The Morgan fingerprint density at radius 2 is 1.82 bits per heavy atom. The summed E-state index contributed by atoms with van der Waals surface area (Å²) >= 11 is 0. The Kier molecular flexibility index (Phi) is 7.31. The summed E-state index contributed by atoms with van der Waals surface area (Å²) in [6, 6.07) is 13.2. The topological polar surface area (TPSA) is 102 Å². The number of methoxy groups -OCH3 is 1. The third-order valence-electron chi connectivity index (χ3n) is 4.80. The van der Waals surface area contributed by atoms with Crippen LogP contribution in [0.1, 0.15) is 36.8 Å². The second kappa shape index (κ2) is 9.82. The van der Waals surface area contributed by atoms with Gasteiger partial charge in [0.2, 0.25) is 10.0 Å². The molecule has 0 saturated heterocycles. The smallest absolute Gasteiger partial charge is 0.256 e. The van der Waals surface area contributed by atoms with E-state index < -0.39 is 15.9 Å². The number of hydrogen-bond acceptors (Lipinski definition) is 5. The Morgan fingerprint density at radius 1 is 1.12 bits per heavy atom. The Labute approximate surface area is 192 Å². The summed E-state index contributed by atoms with van der Waals surface area (Å²) < 4.78 is 47.2. The highest BCUT2D eigenvalue weighted by atomic mass is 32.2. The molecule has 0 aliphatic carbocycles. The molecule has 176 valence electrons. The lowest BCUT2D eigenvalue weighted by atomic mass is 9.92. The van der Waals surface area contributed by atoms with E-state index in [1.807, 2.05) is 20.8 Å². The molecule has 8 nitrogen and oxygen atoms in total. The van der Waals surface area contributed by atoms with Crippen molar-refractivity contribution in [1.82, 2.24) is 14.5 Å². The molecule has 3 rings (SSSR count). The molecular weight excluding hydrogens is 447 g/mol. The maximum Gasteiger partial charge on any atom is 0.256 e. The van der Waals surface area contributed by atoms with Gasteiger partial charge in [-0.1, -0.05) is 26.8 Å². The minimum absolute atomic E-state index is 0.0336. The molecule has 0 bridgehead atoms. The summed E-state index contributed by atoms with van der Waals surface area (Å²) in [5, 5.41) is 7.38. The van der Waals surface area contributed by atoms with Crippen LogP contribution in [0.5, 0.6) is 0 Å². The number of ether oxygens (including phenoxy) is 1. The second-order valence-electron chi connectivity index (χ2n) is 8.43. The fourth-order valence-corrected chi connectivity index (χ4v) is 4.03. The summed E-state index contributed by atoms with van der Waals surface area (Å²) in [6.07, 6.45) is 0. The predicted octanol–water partition coefficient (Wildman–Crippen LogP) is 3.49. The Bertz CT molecular complexity index is 1230. The highest BCUT2D eigenvalue weighted by Crippen LogP contribution is 2.27. The Hall–Kier alpha value is -3.08. The van der Waals surface area contributed by atoms with Crippen LogP contribution >= 0.6 is 0 Å². The van der Waals surface area contributed by atoms with Crippen LogP contribution in [0.25, 0.3) is 5.69 Å². The number of carbonyl (C=O) groups is 1. The van der Waals surface area contributed by atoms with Crippen molar-refractivity contribution in [2.45, 2.75) is 31.1 Å². The summed E-state index contributed by atoms with van der Waals surface area (Å²) in [7, 11) is -2.32. The molecular formula is C23H27FN4O4S. The number of amides is 1. The molecule has 0 aliphatic heterocycles. The standard InChI is InChI=1S/C23H27FN4O4S/c1-23(2,3)20-15-21(28(27-20)18-10-8-17(24)9-11-18)26-22(29)16-6-5-7-19(14-16)33(30,31)25-12-13-32-4/h5-11,14-15,25H,12-13H2,1-4H3,(H,26,29). The number of carbonyl (C=O) groups excluding carboxylic acids is 1. The summed E-state index contributed by atoms with van der Waals surface area (Å²) in [5.74, 6) is -0.514. The Balaban J connectivity index is 1.91. The maximum absolute atomic E-state index is 13.4. The molecule has 3 aromatic rings. The van der Waals surface area contributed by atoms with Crippen molar-refractivity contribution in [3.8, 4) is 5.69 Å². The quantitative estimate of drug-likeness (QED) is 0.487. The maximum atomic E-state index is 13.4. The van der Waals surface area contributed by atoms with E-state index in [1.54, 1.807) is 18.2 Å². The number of nitrogens with zero attached hydrogens (tertiary/aromatic N) is 2. The number of rotatable bonds is 8. The van der Waals surface area contributed by atoms with Crippen molar-refractivity contribution in [2.75, 3.05) is 25.6 Å². The molecule has 2 aromatic carbocycles. The average molecular weight is 475 g/mol. The third kappa shape index (κ3) is 6.04. The van der Waals surface area contributed by atoms with Gasteiger partial charge < -0.3 is 10.1 Å². The zero-order valence-corrected chi connectivity index (χ0v) is 19.7. The fourth-order valence-electron chi connectivity index (χ4n) is 2.97. The lowest BCUT2D eigenvalue weighted by Crippen LogP contribution is -2.27. The van der Waals surface area contributed by atoms with E-state index in [9.17, 15) is 17.6 Å². The molecule has 1 heterocycles. The van der Waals surface area contributed by atoms with E-state index in [0.717, 1.165) is 5.69 Å². The van der Waals surface area contributed by atoms with E-state index >= 15 is 0 Å². The molecule has 0 unspecified atom stereocenters. The van der Waals surface area contributed by atoms with Crippen LogP contribution in [-0.4, -0.2) is 44.4 Å². The largest absolute Gasteiger partial charge is 0.383 e. The number of benzene rings is 2. The molecule has 2 N–H and O–H groups in total. The fraction of sp³-hybridized carbons (Fsp3) is 0.304. The first-order chi connectivity index (χ1) is 15.5. The lowest BCUT2D eigenvalue weighted by molar-refractivity contribution is 0.102. The second-order valence-corrected chi connectivity index (χ2v) is 10.2. The predicted molar refractivity (Wildman–Crippen MR) is 124 cm³/mol. The number of nitrogens with one attached hydrogen (secondary N) is 2. The van der Waals surface area contributed by atoms with Gasteiger partial charge in [-0.3, -0.25) is 4.79 Å². The van der Waals surface area contributed by atoms with Crippen molar-refractivity contribution in [3.05, 3.63) is 71.7 Å². The van der Waals surface area contributed by atoms with E-state index in [0.29, 0.717) is 11.5 Å². The summed E-state index contributed by atoms with van der Waals surface area (Å²) in [4.78, 5) is 13.0. The van der Waals surface area contributed by atoms with Crippen molar-refractivity contribution in [1.29, 1.82) is 0 Å². The van der Waals surface area contributed by atoms with Crippen LogP contribution in [0.15, 0.2) is 59.5 Å². The molecule has 1 amide bonds. The van der Waals surface area contributed by atoms with Crippen LogP contribution < -0.4 is 10.0 Å². The van der Waals surface area contributed by atoms with E-state index in [2.05, 4.69) is 15.1 Å². The first-order valence-corrected chi connectivity index (χ1v) is 11.8. The molecule has 33 heavy (non-hydrogen) atoms. The normalized spacial score (nSPS) is 12.0. The molecule has 0 atom stereocenters. The zero-order chi connectivity index (χ0) is 24.2. The highest BCUT2D eigenvalue weighted by molar-refractivity contribution is 7.89. The van der Waals surface area contributed by atoms with Crippen molar-refractivity contribution < 1.29 is 22.3 Å². The van der Waals surface area contributed by atoms with Gasteiger partial charge in [-0.05, 0) is 42.5 Å². The van der Waals surface area contributed by atoms with E-state index in [4.69, 9.17) is 4.74 Å². The molecule has 0 radical (unpaired) electrons. The van der Waals surface area contributed by atoms with Gasteiger partial charge in [-0.2, -0.15) is 5.10 Å². The minimum Gasteiger partial charge on any atom is -0.383 e. The van der Waals surface area contributed by atoms with Crippen molar-refractivity contribution in [2.24, 2.45) is 0 Å². The molecule has 0 aliphatic rings. The van der Waals surface area contributed by atoms with Crippen LogP contribution in [0.3, 0.4) is 0 Å². The average Bonchev–Trinajstić information content (AvgIpc) is 3.19. The number of halogens is 1. The van der Waals surface area contributed by atoms with Gasteiger partial charge in [-0.25, -0.2) is 22.2 Å². The number of hydrogen-bond donors (Lipinski definition) is 2. The number of aromatic nitrogens is 2. The minimum atomic E-state index is -3.79. The van der Waals surface area contributed by atoms with E-state index in [-0.39, 0.29) is 34.8 Å². The van der Waals surface area contributed by atoms with Crippen LogP contribution in [0, 0.1) is 5.82 Å². The highest BCUT2D eigenvalue weighted by Gasteiger charge is 2.22. The lowest BCUT2D eigenvalue weighted by Gasteiger charge is -2.14. The van der Waals surface area contributed by atoms with Gasteiger partial charge >= 0.3 is 0 Å². The van der Waals surface area contributed by atoms with Crippen LogP contribution in [0.4, 0.5) is 10.2 Å². The summed E-state index contributed by atoms with van der Waals surface area (Å²) in [5.41, 5.74) is 1.16. The van der Waals surface area contributed by atoms with Crippen molar-refractivity contribution in [3.63, 3.8) is 0 Å². The van der Waals surface area contributed by atoms with Crippen molar-refractivity contribution >= 4 is 21.7 Å². The monoisotopic (exact) mass is 474 g/mol.